The molecule has 0 aromatic rings. The zero-order valence-electron chi connectivity index (χ0n) is 35.4. The van der Waals surface area contributed by atoms with E-state index in [9.17, 15) is 4.79 Å². The van der Waals surface area contributed by atoms with E-state index in [4.69, 9.17) is 56.8 Å². The Labute approximate surface area is 335 Å². The maximum Gasteiger partial charge on any atom is 0.305 e. The van der Waals surface area contributed by atoms with E-state index in [0.717, 1.165) is 12.8 Å². The van der Waals surface area contributed by atoms with Crippen molar-refractivity contribution in [3.8, 4) is 0 Å². The molecule has 0 atom stereocenters. The van der Waals surface area contributed by atoms with Crippen LogP contribution in [-0.2, 0) is 61.6 Å². The Morgan fingerprint density at radius 3 is 0.745 bits per heavy atom. The third-order valence-corrected chi connectivity index (χ3v) is 8.40. The van der Waals surface area contributed by atoms with E-state index < -0.39 is 0 Å². The van der Waals surface area contributed by atoms with E-state index in [2.05, 4.69) is 6.92 Å². The Hall–Kier alpha value is -0.970. The molecule has 0 unspecified atom stereocenters. The van der Waals surface area contributed by atoms with Crippen molar-refractivity contribution >= 4 is 5.97 Å². The molecule has 0 aliphatic heterocycles. The van der Waals surface area contributed by atoms with Crippen molar-refractivity contribution in [3.05, 3.63) is 0 Å². The summed E-state index contributed by atoms with van der Waals surface area (Å²) in [4.78, 5) is 11.9. The van der Waals surface area contributed by atoms with Gasteiger partial charge in [-0.25, -0.2) is 0 Å². The molecule has 330 valence electrons. The van der Waals surface area contributed by atoms with E-state index >= 15 is 0 Å². The van der Waals surface area contributed by atoms with Crippen molar-refractivity contribution in [2.75, 3.05) is 152 Å². The second kappa shape index (κ2) is 51.0. The Morgan fingerprint density at radius 2 is 0.491 bits per heavy atom. The van der Waals surface area contributed by atoms with Crippen LogP contribution in [0.3, 0.4) is 0 Å². The van der Waals surface area contributed by atoms with Crippen LogP contribution in [0.15, 0.2) is 0 Å². The summed E-state index contributed by atoms with van der Waals surface area (Å²) in [5.74, 6) is -0.130. The molecule has 0 aliphatic carbocycles. The molecular formula is C42H84O13. The van der Waals surface area contributed by atoms with Crippen LogP contribution < -0.4 is 0 Å². The molecule has 0 saturated carbocycles. The summed E-state index contributed by atoms with van der Waals surface area (Å²) in [5, 5.41) is 0. The van der Waals surface area contributed by atoms with E-state index in [1.807, 2.05) is 6.92 Å². The third-order valence-electron chi connectivity index (χ3n) is 8.40. The van der Waals surface area contributed by atoms with Gasteiger partial charge in [0.2, 0.25) is 0 Å². The van der Waals surface area contributed by atoms with Crippen LogP contribution in [0.5, 0.6) is 0 Å². The molecular weight excluding hydrogens is 712 g/mol. The quantitative estimate of drug-likeness (QED) is 0.0464. The van der Waals surface area contributed by atoms with Gasteiger partial charge in [-0.2, -0.15) is 0 Å². The fourth-order valence-electron chi connectivity index (χ4n) is 5.27. The Morgan fingerprint density at radius 1 is 0.273 bits per heavy atom. The third kappa shape index (κ3) is 51.0. The van der Waals surface area contributed by atoms with Crippen LogP contribution in [0.1, 0.15) is 117 Å². The Bertz CT molecular complexity index is 704. The molecule has 55 heavy (non-hydrogen) atoms. The zero-order valence-corrected chi connectivity index (χ0v) is 35.4. The molecule has 0 fully saturated rings. The average Bonchev–Trinajstić information content (AvgIpc) is 3.19. The molecule has 0 aromatic carbocycles. The van der Waals surface area contributed by atoms with Crippen LogP contribution >= 0.6 is 0 Å². The number of unbranched alkanes of at least 4 members (excludes halogenated alkanes) is 14. The highest BCUT2D eigenvalue weighted by Crippen LogP contribution is 2.14. The van der Waals surface area contributed by atoms with E-state index in [1.165, 1.54) is 83.5 Å². The predicted octanol–water partition coefficient (Wildman–Crippen LogP) is 6.99. The summed E-state index contributed by atoms with van der Waals surface area (Å²) in [7, 11) is 0. The second-order valence-electron chi connectivity index (χ2n) is 13.2. The van der Waals surface area contributed by atoms with Crippen molar-refractivity contribution in [2.45, 2.75) is 117 Å². The largest absolute Gasteiger partial charge is 0.463 e. The van der Waals surface area contributed by atoms with Crippen molar-refractivity contribution in [1.29, 1.82) is 0 Å². The van der Waals surface area contributed by atoms with Gasteiger partial charge in [-0.15, -0.1) is 0 Å². The number of rotatable bonds is 50. The van der Waals surface area contributed by atoms with Gasteiger partial charge in [-0.05, 0) is 13.3 Å². The van der Waals surface area contributed by atoms with Gasteiger partial charge >= 0.3 is 5.97 Å². The van der Waals surface area contributed by atoms with E-state index in [1.54, 1.807) is 0 Å². The molecule has 0 heterocycles. The molecule has 0 bridgehead atoms. The first-order valence-electron chi connectivity index (χ1n) is 21.8. The average molecular weight is 797 g/mol. The maximum atomic E-state index is 11.9. The topological polar surface area (TPSA) is 128 Å². The van der Waals surface area contributed by atoms with Gasteiger partial charge in [0.25, 0.3) is 0 Å². The normalized spacial score (nSPS) is 11.5. The first-order chi connectivity index (χ1) is 27.3. The molecule has 0 radical (unpaired) electrons. The minimum absolute atomic E-state index is 0.130. The summed E-state index contributed by atoms with van der Waals surface area (Å²) in [5.41, 5.74) is 0. The maximum absolute atomic E-state index is 11.9. The molecule has 0 aromatic heterocycles. The smallest absolute Gasteiger partial charge is 0.305 e. The van der Waals surface area contributed by atoms with Gasteiger partial charge in [-0.1, -0.05) is 96.8 Å². The van der Waals surface area contributed by atoms with Crippen LogP contribution in [0.25, 0.3) is 0 Å². The molecule has 0 amide bonds. The van der Waals surface area contributed by atoms with Gasteiger partial charge in [0.1, 0.15) is 6.61 Å². The zero-order chi connectivity index (χ0) is 39.6. The predicted molar refractivity (Wildman–Crippen MR) is 215 cm³/mol. The fourth-order valence-corrected chi connectivity index (χ4v) is 5.27. The molecule has 13 nitrogen and oxygen atoms in total. The molecule has 0 aliphatic rings. The highest BCUT2D eigenvalue weighted by Gasteiger charge is 2.03. The van der Waals surface area contributed by atoms with Crippen LogP contribution in [0, 0.1) is 0 Å². The van der Waals surface area contributed by atoms with Crippen LogP contribution in [-0.4, -0.2) is 158 Å². The van der Waals surface area contributed by atoms with Gasteiger partial charge in [0.15, 0.2) is 0 Å². The number of ether oxygens (including phenoxy) is 12. The number of hydrogen-bond donors (Lipinski definition) is 0. The lowest BCUT2D eigenvalue weighted by Crippen LogP contribution is -2.15. The van der Waals surface area contributed by atoms with Crippen molar-refractivity contribution < 1.29 is 61.6 Å². The lowest BCUT2D eigenvalue weighted by atomic mass is 10.0. The minimum atomic E-state index is -0.130. The van der Waals surface area contributed by atoms with Gasteiger partial charge in [0.05, 0.1) is 139 Å². The molecule has 0 N–H and O–H groups in total. The Kier molecular flexibility index (Phi) is 50.1. The fraction of sp³-hybridized carbons (Fsp3) is 0.976. The van der Waals surface area contributed by atoms with Gasteiger partial charge in [-0.3, -0.25) is 4.79 Å². The van der Waals surface area contributed by atoms with Crippen LogP contribution in [0.4, 0.5) is 0 Å². The molecule has 0 rings (SSSR count). The molecule has 13 heteroatoms. The lowest BCUT2D eigenvalue weighted by Gasteiger charge is -2.09. The first-order valence-corrected chi connectivity index (χ1v) is 21.8. The number of carbonyl (C=O) groups is 1. The summed E-state index contributed by atoms with van der Waals surface area (Å²) in [6.45, 7) is 16.0. The monoisotopic (exact) mass is 797 g/mol. The van der Waals surface area contributed by atoms with Crippen molar-refractivity contribution in [1.82, 2.24) is 0 Å². The minimum Gasteiger partial charge on any atom is -0.463 e. The molecule has 0 saturated heterocycles. The lowest BCUT2D eigenvalue weighted by molar-refractivity contribution is -0.145. The standard InChI is InChI=1S/C42H84O13/c1-3-5-6-7-8-9-10-11-12-13-14-15-16-17-18-19-42(43)55-41-40-54-39-38-53-37-36-52-35-34-51-33-32-50-31-30-49-29-28-48-27-26-47-25-24-46-23-22-45-21-20-44-4-2/h3-41H2,1-2H3. The summed E-state index contributed by atoms with van der Waals surface area (Å²) in [6, 6.07) is 0. The molecule has 0 spiro atoms. The van der Waals surface area contributed by atoms with E-state index in [0.29, 0.717) is 152 Å². The Balaban J connectivity index is 3.12. The van der Waals surface area contributed by atoms with E-state index in [-0.39, 0.29) is 12.6 Å². The number of carbonyl (C=O) groups excluding carboxylic acids is 1. The number of esters is 1. The second-order valence-corrected chi connectivity index (χ2v) is 13.2. The van der Waals surface area contributed by atoms with Crippen molar-refractivity contribution in [2.24, 2.45) is 0 Å². The highest BCUT2D eigenvalue weighted by molar-refractivity contribution is 5.69. The highest BCUT2D eigenvalue weighted by atomic mass is 16.6. The summed E-state index contributed by atoms with van der Waals surface area (Å²) in [6.07, 6.45) is 20.2. The summed E-state index contributed by atoms with van der Waals surface area (Å²) < 4.78 is 65.2. The summed E-state index contributed by atoms with van der Waals surface area (Å²) >= 11 is 0. The van der Waals surface area contributed by atoms with Crippen molar-refractivity contribution in [3.63, 3.8) is 0 Å². The van der Waals surface area contributed by atoms with Crippen LogP contribution in [0.2, 0.25) is 0 Å². The number of hydrogen-bond acceptors (Lipinski definition) is 13. The SMILES string of the molecule is CCCCCCCCCCCCCCCCCC(=O)OCCOCCOCCOCCOCCOCCOCCOCCOCCOCCOCCOCC. The van der Waals surface area contributed by atoms with Gasteiger partial charge in [0, 0.05) is 13.0 Å². The van der Waals surface area contributed by atoms with Gasteiger partial charge < -0.3 is 56.8 Å². The first kappa shape index (κ1) is 54.0.